The zero-order valence-corrected chi connectivity index (χ0v) is 17.5. The average molecular weight is 390 g/mol. The van der Waals surface area contributed by atoms with E-state index < -0.39 is 0 Å². The normalized spacial score (nSPS) is 11.1. The highest BCUT2D eigenvalue weighted by atomic mass is 16.1. The SMILES string of the molecule is CC(=O)Nc1cccc(Nc2cc(Nc3ccccc3C(C)(C)C)nc(C)n2)c1. The minimum absolute atomic E-state index is 0.0108. The number of aromatic nitrogens is 2. The van der Waals surface area contributed by atoms with Crippen molar-refractivity contribution in [2.24, 2.45) is 0 Å². The molecule has 6 nitrogen and oxygen atoms in total. The Hall–Kier alpha value is -3.41. The highest BCUT2D eigenvalue weighted by Gasteiger charge is 2.18. The largest absolute Gasteiger partial charge is 0.340 e. The van der Waals surface area contributed by atoms with Crippen LogP contribution in [0.5, 0.6) is 0 Å². The Bertz CT molecular complexity index is 1020. The van der Waals surface area contributed by atoms with Crippen LogP contribution in [0.4, 0.5) is 28.7 Å². The first-order valence-corrected chi connectivity index (χ1v) is 9.57. The number of benzene rings is 2. The second-order valence-corrected chi connectivity index (χ2v) is 7.99. The van der Waals surface area contributed by atoms with Gasteiger partial charge in [0, 0.05) is 30.1 Å². The molecule has 0 aliphatic rings. The minimum atomic E-state index is -0.107. The van der Waals surface area contributed by atoms with Gasteiger partial charge in [-0.1, -0.05) is 45.0 Å². The third-order valence-electron chi connectivity index (χ3n) is 4.29. The standard InChI is InChI=1S/C23H27N5O/c1-15-24-21(27-18-10-8-9-17(13-18)26-16(2)29)14-22(25-15)28-20-12-7-6-11-19(20)23(3,4)5/h6-14H,1-5H3,(H,26,29)(H2,24,25,27,28). The Morgan fingerprint density at radius 3 is 2.21 bits per heavy atom. The quantitative estimate of drug-likeness (QED) is 0.535. The van der Waals surface area contributed by atoms with Gasteiger partial charge >= 0.3 is 0 Å². The molecule has 0 saturated heterocycles. The predicted molar refractivity (Wildman–Crippen MR) is 119 cm³/mol. The third kappa shape index (κ3) is 5.54. The van der Waals surface area contributed by atoms with Crippen molar-refractivity contribution in [2.45, 2.75) is 40.0 Å². The summed E-state index contributed by atoms with van der Waals surface area (Å²) in [5.74, 6) is 1.94. The van der Waals surface area contributed by atoms with E-state index in [1.54, 1.807) is 0 Å². The Morgan fingerprint density at radius 1 is 0.862 bits per heavy atom. The van der Waals surface area contributed by atoms with Crippen LogP contribution in [0.1, 0.15) is 39.1 Å². The van der Waals surface area contributed by atoms with E-state index in [1.807, 2.05) is 49.4 Å². The summed E-state index contributed by atoms with van der Waals surface area (Å²) in [6.07, 6.45) is 0. The molecule has 0 spiro atoms. The molecule has 3 N–H and O–H groups in total. The Balaban J connectivity index is 1.86. The molecule has 1 amide bonds. The number of nitrogens with one attached hydrogen (secondary N) is 3. The van der Waals surface area contributed by atoms with Gasteiger partial charge in [0.05, 0.1) is 0 Å². The van der Waals surface area contributed by atoms with Crippen LogP contribution < -0.4 is 16.0 Å². The molecule has 0 aliphatic heterocycles. The molecule has 0 aliphatic carbocycles. The summed E-state index contributed by atoms with van der Waals surface area (Å²) in [5, 5.41) is 9.51. The van der Waals surface area contributed by atoms with Crippen molar-refractivity contribution in [3.05, 3.63) is 66.0 Å². The van der Waals surface area contributed by atoms with Crippen molar-refractivity contribution >= 4 is 34.6 Å². The number of carbonyl (C=O) groups excluding carboxylic acids is 1. The smallest absolute Gasteiger partial charge is 0.221 e. The Kier molecular flexibility index (Phi) is 5.82. The van der Waals surface area contributed by atoms with Crippen molar-refractivity contribution in [1.82, 2.24) is 9.97 Å². The van der Waals surface area contributed by atoms with E-state index in [4.69, 9.17) is 0 Å². The van der Waals surface area contributed by atoms with Crippen molar-refractivity contribution in [3.63, 3.8) is 0 Å². The number of rotatable bonds is 5. The van der Waals surface area contributed by atoms with Gasteiger partial charge in [0.2, 0.25) is 5.91 Å². The van der Waals surface area contributed by atoms with Gasteiger partial charge < -0.3 is 16.0 Å². The Morgan fingerprint density at radius 2 is 1.52 bits per heavy atom. The maximum atomic E-state index is 11.3. The number of anilines is 5. The summed E-state index contributed by atoms with van der Waals surface area (Å²) in [5.41, 5.74) is 3.81. The van der Waals surface area contributed by atoms with Gasteiger partial charge in [-0.05, 0) is 42.2 Å². The summed E-state index contributed by atoms with van der Waals surface area (Å²) < 4.78 is 0. The molecule has 2 aromatic carbocycles. The molecule has 0 fully saturated rings. The molecule has 29 heavy (non-hydrogen) atoms. The first-order chi connectivity index (χ1) is 13.7. The van der Waals surface area contributed by atoms with Gasteiger partial charge in [0.1, 0.15) is 17.5 Å². The van der Waals surface area contributed by atoms with Crippen LogP contribution in [0, 0.1) is 6.92 Å². The second kappa shape index (κ2) is 8.31. The van der Waals surface area contributed by atoms with Crippen LogP contribution in [0.15, 0.2) is 54.6 Å². The van der Waals surface area contributed by atoms with Crippen molar-refractivity contribution in [1.29, 1.82) is 0 Å². The minimum Gasteiger partial charge on any atom is -0.340 e. The summed E-state index contributed by atoms with van der Waals surface area (Å²) in [6.45, 7) is 9.91. The molecule has 0 saturated carbocycles. The van der Waals surface area contributed by atoms with E-state index in [0.717, 1.165) is 22.9 Å². The number of amides is 1. The van der Waals surface area contributed by atoms with Gasteiger partial charge in [-0.3, -0.25) is 4.79 Å². The van der Waals surface area contributed by atoms with E-state index in [0.29, 0.717) is 11.6 Å². The van der Waals surface area contributed by atoms with E-state index >= 15 is 0 Å². The number of para-hydroxylation sites is 1. The van der Waals surface area contributed by atoms with Gasteiger partial charge in [-0.15, -0.1) is 0 Å². The van der Waals surface area contributed by atoms with Crippen molar-refractivity contribution < 1.29 is 4.79 Å². The topological polar surface area (TPSA) is 78.9 Å². The lowest BCUT2D eigenvalue weighted by molar-refractivity contribution is -0.114. The van der Waals surface area contributed by atoms with Gasteiger partial charge in [-0.2, -0.15) is 0 Å². The maximum Gasteiger partial charge on any atom is 0.221 e. The number of hydrogen-bond donors (Lipinski definition) is 3. The average Bonchev–Trinajstić information content (AvgIpc) is 2.60. The molecule has 0 unspecified atom stereocenters. The van der Waals surface area contributed by atoms with Crippen LogP contribution >= 0.6 is 0 Å². The van der Waals surface area contributed by atoms with Crippen LogP contribution in [0.25, 0.3) is 0 Å². The fourth-order valence-electron chi connectivity index (χ4n) is 3.11. The molecule has 0 bridgehead atoms. The lowest BCUT2D eigenvalue weighted by Gasteiger charge is -2.23. The van der Waals surface area contributed by atoms with Gasteiger partial charge in [0.25, 0.3) is 0 Å². The summed E-state index contributed by atoms with van der Waals surface area (Å²) in [7, 11) is 0. The number of carbonyl (C=O) groups is 1. The first kappa shape index (κ1) is 20.3. The molecule has 3 rings (SSSR count). The van der Waals surface area contributed by atoms with Crippen LogP contribution in [0.3, 0.4) is 0 Å². The molecular weight excluding hydrogens is 362 g/mol. The third-order valence-corrected chi connectivity index (χ3v) is 4.29. The number of hydrogen-bond acceptors (Lipinski definition) is 5. The zero-order chi connectivity index (χ0) is 21.0. The molecule has 6 heteroatoms. The number of aryl methyl sites for hydroxylation is 1. The first-order valence-electron chi connectivity index (χ1n) is 9.57. The van der Waals surface area contributed by atoms with E-state index in [2.05, 4.69) is 58.8 Å². The van der Waals surface area contributed by atoms with Crippen molar-refractivity contribution in [3.8, 4) is 0 Å². The molecule has 0 radical (unpaired) electrons. The van der Waals surface area contributed by atoms with Crippen molar-refractivity contribution in [2.75, 3.05) is 16.0 Å². The monoisotopic (exact) mass is 389 g/mol. The lowest BCUT2D eigenvalue weighted by atomic mass is 9.86. The fraction of sp³-hybridized carbons (Fsp3) is 0.261. The summed E-state index contributed by atoms with van der Waals surface area (Å²) in [6, 6.07) is 17.6. The lowest BCUT2D eigenvalue weighted by Crippen LogP contribution is -2.14. The summed E-state index contributed by atoms with van der Waals surface area (Å²) in [4.78, 5) is 20.3. The molecule has 1 heterocycles. The van der Waals surface area contributed by atoms with E-state index in [1.165, 1.54) is 12.5 Å². The molecule has 0 atom stereocenters. The van der Waals surface area contributed by atoms with Crippen LogP contribution in [-0.4, -0.2) is 15.9 Å². The van der Waals surface area contributed by atoms with Gasteiger partial charge in [0.15, 0.2) is 0 Å². The fourth-order valence-corrected chi connectivity index (χ4v) is 3.11. The summed E-state index contributed by atoms with van der Waals surface area (Å²) >= 11 is 0. The molecular formula is C23H27N5O. The number of nitrogens with zero attached hydrogens (tertiary/aromatic N) is 2. The maximum absolute atomic E-state index is 11.3. The molecule has 1 aromatic heterocycles. The zero-order valence-electron chi connectivity index (χ0n) is 17.5. The van der Waals surface area contributed by atoms with E-state index in [9.17, 15) is 4.79 Å². The second-order valence-electron chi connectivity index (χ2n) is 7.99. The van der Waals surface area contributed by atoms with Gasteiger partial charge in [-0.25, -0.2) is 9.97 Å². The van der Waals surface area contributed by atoms with Crippen LogP contribution in [-0.2, 0) is 10.2 Å². The molecule has 150 valence electrons. The van der Waals surface area contributed by atoms with E-state index in [-0.39, 0.29) is 11.3 Å². The van der Waals surface area contributed by atoms with Crippen LogP contribution in [0.2, 0.25) is 0 Å². The molecule has 3 aromatic rings. The highest BCUT2D eigenvalue weighted by Crippen LogP contribution is 2.31. The Labute approximate surface area is 171 Å². The predicted octanol–water partition coefficient (Wildman–Crippen LogP) is 5.53. The highest BCUT2D eigenvalue weighted by molar-refractivity contribution is 5.89.